The lowest BCUT2D eigenvalue weighted by molar-refractivity contribution is -0.111. The molecule has 1 amide bonds. The van der Waals surface area contributed by atoms with E-state index in [9.17, 15) is 9.18 Å². The highest BCUT2D eigenvalue weighted by molar-refractivity contribution is 6.02. The second-order valence-electron chi connectivity index (χ2n) is 4.44. The smallest absolute Gasteiger partial charge is 0.248 e. The summed E-state index contributed by atoms with van der Waals surface area (Å²) in [6.45, 7) is 0. The van der Waals surface area contributed by atoms with Gasteiger partial charge in [0.1, 0.15) is 17.3 Å². The Balaban J connectivity index is 2.09. The molecule has 0 bridgehead atoms. The van der Waals surface area contributed by atoms with Crippen molar-refractivity contribution in [2.45, 2.75) is 0 Å². The molecule has 1 N–H and O–H groups in total. The lowest BCUT2D eigenvalue weighted by Crippen LogP contribution is -2.09. The number of rotatable bonds is 5. The molecular weight excluding hydrogens is 285 g/mol. The molecule has 2 aromatic carbocycles. The van der Waals surface area contributed by atoms with Gasteiger partial charge < -0.3 is 14.8 Å². The Labute approximate surface area is 128 Å². The topological polar surface area (TPSA) is 47.6 Å². The van der Waals surface area contributed by atoms with Crippen LogP contribution in [0.25, 0.3) is 6.08 Å². The highest BCUT2D eigenvalue weighted by Crippen LogP contribution is 2.28. The SMILES string of the molecule is COc1ccc(NC(=O)C=Cc2cccc(F)c2)c(OC)c1. The van der Waals surface area contributed by atoms with Gasteiger partial charge in [0.05, 0.1) is 19.9 Å². The third-order valence-electron chi connectivity index (χ3n) is 2.94. The van der Waals surface area contributed by atoms with Gasteiger partial charge in [0.25, 0.3) is 0 Å². The van der Waals surface area contributed by atoms with Gasteiger partial charge in [-0.3, -0.25) is 4.79 Å². The molecule has 2 rings (SSSR count). The zero-order valence-corrected chi connectivity index (χ0v) is 12.3. The quantitative estimate of drug-likeness (QED) is 0.860. The van der Waals surface area contributed by atoms with Crippen LogP contribution in [0.2, 0.25) is 0 Å². The van der Waals surface area contributed by atoms with Crippen molar-refractivity contribution < 1.29 is 18.7 Å². The number of carbonyl (C=O) groups excluding carboxylic acids is 1. The van der Waals surface area contributed by atoms with Crippen LogP contribution in [0.4, 0.5) is 10.1 Å². The first-order valence-electron chi connectivity index (χ1n) is 6.59. The highest BCUT2D eigenvalue weighted by Gasteiger charge is 2.07. The molecule has 114 valence electrons. The summed E-state index contributed by atoms with van der Waals surface area (Å²) in [5.74, 6) is 0.434. The second-order valence-corrected chi connectivity index (χ2v) is 4.44. The molecule has 2 aromatic rings. The van der Waals surface area contributed by atoms with Gasteiger partial charge in [0.15, 0.2) is 0 Å². The summed E-state index contributed by atoms with van der Waals surface area (Å²) in [6, 6.07) is 11.1. The lowest BCUT2D eigenvalue weighted by Gasteiger charge is -2.10. The number of amides is 1. The monoisotopic (exact) mass is 301 g/mol. The fourth-order valence-corrected chi connectivity index (χ4v) is 1.86. The van der Waals surface area contributed by atoms with Crippen molar-refractivity contribution in [3.8, 4) is 11.5 Å². The zero-order valence-electron chi connectivity index (χ0n) is 12.3. The Morgan fingerprint density at radius 1 is 1.14 bits per heavy atom. The fourth-order valence-electron chi connectivity index (χ4n) is 1.86. The zero-order chi connectivity index (χ0) is 15.9. The molecular formula is C17H16FNO3. The molecule has 0 spiro atoms. The molecule has 0 aliphatic rings. The number of nitrogens with one attached hydrogen (secondary N) is 1. The van der Waals surface area contributed by atoms with Gasteiger partial charge in [-0.15, -0.1) is 0 Å². The molecule has 0 unspecified atom stereocenters. The molecule has 0 radical (unpaired) electrons. The van der Waals surface area contributed by atoms with Gasteiger partial charge in [0.2, 0.25) is 5.91 Å². The van der Waals surface area contributed by atoms with E-state index in [2.05, 4.69) is 5.32 Å². The normalized spacial score (nSPS) is 10.5. The predicted octanol–water partition coefficient (Wildman–Crippen LogP) is 3.49. The summed E-state index contributed by atoms with van der Waals surface area (Å²) in [5, 5.41) is 2.70. The predicted molar refractivity (Wildman–Crippen MR) is 83.6 cm³/mol. The first-order valence-corrected chi connectivity index (χ1v) is 6.59. The largest absolute Gasteiger partial charge is 0.497 e. The van der Waals surface area contributed by atoms with Crippen molar-refractivity contribution in [1.82, 2.24) is 0 Å². The van der Waals surface area contributed by atoms with Crippen molar-refractivity contribution in [1.29, 1.82) is 0 Å². The molecule has 0 saturated carbocycles. The molecule has 0 aliphatic heterocycles. The van der Waals surface area contributed by atoms with Crippen LogP contribution in [0.5, 0.6) is 11.5 Å². The van der Waals surface area contributed by atoms with Gasteiger partial charge in [-0.2, -0.15) is 0 Å². The molecule has 0 atom stereocenters. The van der Waals surface area contributed by atoms with Crippen LogP contribution in [0.1, 0.15) is 5.56 Å². The Bertz CT molecular complexity index is 698. The molecule has 0 fully saturated rings. The number of halogens is 1. The van der Waals surface area contributed by atoms with Crippen molar-refractivity contribution in [2.24, 2.45) is 0 Å². The maximum absolute atomic E-state index is 13.0. The molecule has 5 heteroatoms. The van der Waals surface area contributed by atoms with Crippen LogP contribution in [-0.4, -0.2) is 20.1 Å². The number of hydrogen-bond acceptors (Lipinski definition) is 3. The van der Waals surface area contributed by atoms with Crippen molar-refractivity contribution in [2.75, 3.05) is 19.5 Å². The van der Waals surface area contributed by atoms with Crippen LogP contribution >= 0.6 is 0 Å². The van der Waals surface area contributed by atoms with Crippen molar-refractivity contribution in [3.05, 3.63) is 59.9 Å². The van der Waals surface area contributed by atoms with E-state index in [1.165, 1.54) is 31.4 Å². The first-order chi connectivity index (χ1) is 10.6. The van der Waals surface area contributed by atoms with Crippen LogP contribution in [0, 0.1) is 5.82 Å². The van der Waals surface area contributed by atoms with Crippen LogP contribution in [-0.2, 0) is 4.79 Å². The van der Waals surface area contributed by atoms with E-state index < -0.39 is 0 Å². The van der Waals surface area contributed by atoms with E-state index >= 15 is 0 Å². The first kappa shape index (κ1) is 15.6. The van der Waals surface area contributed by atoms with E-state index in [0.717, 1.165) is 0 Å². The number of hydrogen-bond donors (Lipinski definition) is 1. The van der Waals surface area contributed by atoms with E-state index in [1.807, 2.05) is 0 Å². The standard InChI is InChI=1S/C17H16FNO3/c1-21-14-7-8-15(16(11-14)22-2)19-17(20)9-6-12-4-3-5-13(18)10-12/h3-11H,1-2H3,(H,19,20). The summed E-state index contributed by atoms with van der Waals surface area (Å²) >= 11 is 0. The molecule has 0 aliphatic carbocycles. The molecule has 0 aromatic heterocycles. The Morgan fingerprint density at radius 3 is 2.64 bits per heavy atom. The Morgan fingerprint density at radius 2 is 1.95 bits per heavy atom. The number of methoxy groups -OCH3 is 2. The minimum Gasteiger partial charge on any atom is -0.497 e. The Kier molecular flexibility index (Phi) is 5.14. The van der Waals surface area contributed by atoms with Gasteiger partial charge in [-0.1, -0.05) is 12.1 Å². The van der Waals surface area contributed by atoms with E-state index in [1.54, 1.807) is 37.4 Å². The number of ether oxygens (including phenoxy) is 2. The minimum absolute atomic E-state index is 0.340. The number of carbonyl (C=O) groups is 1. The average molecular weight is 301 g/mol. The second kappa shape index (κ2) is 7.26. The Hall–Kier alpha value is -2.82. The highest BCUT2D eigenvalue weighted by atomic mass is 19.1. The maximum atomic E-state index is 13.0. The van der Waals surface area contributed by atoms with Crippen molar-refractivity contribution >= 4 is 17.7 Å². The average Bonchev–Trinajstić information content (AvgIpc) is 2.53. The van der Waals surface area contributed by atoms with Gasteiger partial charge >= 0.3 is 0 Å². The van der Waals surface area contributed by atoms with Crippen LogP contribution in [0.3, 0.4) is 0 Å². The number of benzene rings is 2. The van der Waals surface area contributed by atoms with E-state index in [0.29, 0.717) is 22.7 Å². The third-order valence-corrected chi connectivity index (χ3v) is 2.94. The van der Waals surface area contributed by atoms with Gasteiger partial charge in [-0.05, 0) is 35.9 Å². The fraction of sp³-hybridized carbons (Fsp3) is 0.118. The van der Waals surface area contributed by atoms with Crippen LogP contribution in [0.15, 0.2) is 48.5 Å². The molecule has 22 heavy (non-hydrogen) atoms. The molecule has 4 nitrogen and oxygen atoms in total. The summed E-state index contributed by atoms with van der Waals surface area (Å²) in [7, 11) is 3.06. The minimum atomic E-state index is -0.348. The molecule has 0 heterocycles. The number of anilines is 1. The summed E-state index contributed by atoms with van der Waals surface area (Å²) in [4.78, 5) is 11.9. The van der Waals surface area contributed by atoms with Crippen LogP contribution < -0.4 is 14.8 Å². The summed E-state index contributed by atoms with van der Waals surface area (Å²) < 4.78 is 23.3. The maximum Gasteiger partial charge on any atom is 0.248 e. The summed E-state index contributed by atoms with van der Waals surface area (Å²) in [5.41, 5.74) is 1.13. The summed E-state index contributed by atoms with van der Waals surface area (Å²) in [6.07, 6.45) is 2.87. The lowest BCUT2D eigenvalue weighted by atomic mass is 10.2. The van der Waals surface area contributed by atoms with E-state index in [-0.39, 0.29) is 11.7 Å². The molecule has 0 saturated heterocycles. The van der Waals surface area contributed by atoms with Gasteiger partial charge in [-0.25, -0.2) is 4.39 Å². The third kappa shape index (κ3) is 4.09. The van der Waals surface area contributed by atoms with Gasteiger partial charge in [0, 0.05) is 12.1 Å². The van der Waals surface area contributed by atoms with Crippen molar-refractivity contribution in [3.63, 3.8) is 0 Å². The van der Waals surface area contributed by atoms with E-state index in [4.69, 9.17) is 9.47 Å².